The van der Waals surface area contributed by atoms with Crippen LogP contribution >= 0.6 is 34.2 Å². The predicted molar refractivity (Wildman–Crippen MR) is 57.9 cm³/mol. The molecule has 1 aromatic heterocycles. The van der Waals surface area contributed by atoms with Gasteiger partial charge in [0.2, 0.25) is 5.88 Å². The normalized spacial score (nSPS) is 11.6. The molecule has 0 amide bonds. The molecule has 0 fully saturated rings. The first-order valence-corrected chi connectivity index (χ1v) is 5.42. The summed E-state index contributed by atoms with van der Waals surface area (Å²) in [6.07, 6.45) is -4.73. The van der Waals surface area contributed by atoms with E-state index < -0.39 is 12.2 Å². The number of halogens is 5. The van der Waals surface area contributed by atoms with Crippen LogP contribution in [0.2, 0.25) is 0 Å². The molecule has 0 bridgehead atoms. The molecule has 0 radical (unpaired) electrons. The Morgan fingerprint density at radius 2 is 2.13 bits per heavy atom. The van der Waals surface area contributed by atoms with Crippen molar-refractivity contribution in [3.05, 3.63) is 20.9 Å². The monoisotopic (exact) mass is 351 g/mol. The van der Waals surface area contributed by atoms with E-state index in [0.29, 0.717) is 11.3 Å². The molecule has 1 rings (SSSR count). The maximum absolute atomic E-state index is 12.0. The number of alkyl halides is 4. The lowest BCUT2D eigenvalue weighted by Gasteiger charge is -2.12. The topological polar surface area (TPSA) is 22.1 Å². The lowest BCUT2D eigenvalue weighted by atomic mass is 10.2. The van der Waals surface area contributed by atoms with Gasteiger partial charge in [-0.25, -0.2) is 4.98 Å². The van der Waals surface area contributed by atoms with Crippen LogP contribution in [0.1, 0.15) is 11.3 Å². The quantitative estimate of drug-likeness (QED) is 0.600. The van der Waals surface area contributed by atoms with Gasteiger partial charge in [-0.3, -0.25) is 0 Å². The summed E-state index contributed by atoms with van der Waals surface area (Å²) < 4.78 is 40.0. The molecule has 2 nitrogen and oxygen atoms in total. The van der Waals surface area contributed by atoms with E-state index in [-0.39, 0.29) is 9.45 Å². The van der Waals surface area contributed by atoms with Crippen LogP contribution in [0.25, 0.3) is 0 Å². The second kappa shape index (κ2) is 4.73. The lowest BCUT2D eigenvalue weighted by Crippen LogP contribution is -2.19. The standard InChI is InChI=1S/C8H6ClF3INO/c1-4-2-5(3-9)6(13)7(14-4)15-8(10,11)12/h2H,3H2,1H3. The third-order valence-electron chi connectivity index (χ3n) is 1.49. The molecule has 84 valence electrons. The molecule has 0 unspecified atom stereocenters. The van der Waals surface area contributed by atoms with E-state index in [0.717, 1.165) is 0 Å². The average molecular weight is 351 g/mol. The summed E-state index contributed by atoms with van der Waals surface area (Å²) in [5.74, 6) is -0.325. The molecule has 0 aliphatic rings. The van der Waals surface area contributed by atoms with Gasteiger partial charge in [-0.1, -0.05) is 0 Å². The van der Waals surface area contributed by atoms with Crippen molar-refractivity contribution >= 4 is 34.2 Å². The van der Waals surface area contributed by atoms with Gasteiger partial charge >= 0.3 is 6.36 Å². The molecular weight excluding hydrogens is 345 g/mol. The van der Waals surface area contributed by atoms with Gasteiger partial charge in [0.1, 0.15) is 0 Å². The van der Waals surface area contributed by atoms with Gasteiger partial charge < -0.3 is 4.74 Å². The van der Waals surface area contributed by atoms with Crippen LogP contribution in [0.4, 0.5) is 13.2 Å². The SMILES string of the molecule is Cc1cc(CCl)c(I)c(OC(F)(F)F)n1. The van der Waals surface area contributed by atoms with Crippen molar-refractivity contribution in [2.45, 2.75) is 19.2 Å². The zero-order chi connectivity index (χ0) is 11.6. The van der Waals surface area contributed by atoms with Crippen molar-refractivity contribution in [3.63, 3.8) is 0 Å². The first-order chi connectivity index (χ1) is 6.83. The zero-order valence-electron chi connectivity index (χ0n) is 7.53. The second-order valence-corrected chi connectivity index (χ2v) is 4.07. The Kier molecular flexibility index (Phi) is 4.05. The highest BCUT2D eigenvalue weighted by Gasteiger charge is 2.33. The minimum absolute atomic E-state index is 0.121. The Morgan fingerprint density at radius 1 is 1.53 bits per heavy atom. The molecular formula is C8H6ClF3INO. The number of rotatable bonds is 2. The zero-order valence-corrected chi connectivity index (χ0v) is 10.4. The summed E-state index contributed by atoms with van der Waals surface area (Å²) in [7, 11) is 0. The summed E-state index contributed by atoms with van der Waals surface area (Å²) in [4.78, 5) is 3.66. The van der Waals surface area contributed by atoms with Gasteiger partial charge in [-0.2, -0.15) is 0 Å². The fourth-order valence-corrected chi connectivity index (χ4v) is 1.98. The predicted octanol–water partition coefficient (Wildman–Crippen LogP) is 3.63. The number of ether oxygens (including phenoxy) is 1. The second-order valence-electron chi connectivity index (χ2n) is 2.72. The number of hydrogen-bond donors (Lipinski definition) is 0. The molecule has 15 heavy (non-hydrogen) atoms. The van der Waals surface area contributed by atoms with E-state index in [4.69, 9.17) is 11.6 Å². The van der Waals surface area contributed by atoms with Crippen LogP contribution in [0.3, 0.4) is 0 Å². The highest BCUT2D eigenvalue weighted by Crippen LogP contribution is 2.29. The molecule has 0 N–H and O–H groups in total. The van der Waals surface area contributed by atoms with Crippen molar-refractivity contribution < 1.29 is 17.9 Å². The van der Waals surface area contributed by atoms with Gasteiger partial charge in [0.15, 0.2) is 0 Å². The minimum atomic E-state index is -4.73. The Morgan fingerprint density at radius 3 is 2.60 bits per heavy atom. The third kappa shape index (κ3) is 3.67. The smallest absolute Gasteiger partial charge is 0.387 e. The van der Waals surface area contributed by atoms with E-state index in [2.05, 4.69) is 9.72 Å². The fourth-order valence-electron chi connectivity index (χ4n) is 0.969. The summed E-state index contributed by atoms with van der Waals surface area (Å²) in [5.41, 5.74) is 1.01. The number of hydrogen-bond acceptors (Lipinski definition) is 2. The largest absolute Gasteiger partial charge is 0.574 e. The Balaban J connectivity index is 3.12. The molecule has 0 aliphatic carbocycles. The fraction of sp³-hybridized carbons (Fsp3) is 0.375. The summed E-state index contributed by atoms with van der Waals surface area (Å²) in [5, 5.41) is 0. The van der Waals surface area contributed by atoms with E-state index in [1.54, 1.807) is 35.6 Å². The molecule has 0 atom stereocenters. The van der Waals surface area contributed by atoms with Crippen molar-refractivity contribution in [2.24, 2.45) is 0 Å². The molecule has 0 spiro atoms. The molecule has 1 aromatic rings. The average Bonchev–Trinajstić information content (AvgIpc) is 2.08. The van der Waals surface area contributed by atoms with Crippen LogP contribution in [-0.2, 0) is 5.88 Å². The maximum Gasteiger partial charge on any atom is 0.574 e. The minimum Gasteiger partial charge on any atom is -0.387 e. The molecule has 0 aromatic carbocycles. The molecule has 0 saturated heterocycles. The number of nitrogens with zero attached hydrogens (tertiary/aromatic N) is 1. The molecule has 0 aliphatic heterocycles. The van der Waals surface area contributed by atoms with Crippen LogP contribution in [-0.4, -0.2) is 11.3 Å². The van der Waals surface area contributed by atoms with Gasteiger partial charge in [-0.05, 0) is 41.1 Å². The number of aromatic nitrogens is 1. The van der Waals surface area contributed by atoms with Gasteiger partial charge in [0.25, 0.3) is 0 Å². The van der Waals surface area contributed by atoms with Gasteiger partial charge in [0.05, 0.1) is 3.57 Å². The van der Waals surface area contributed by atoms with Crippen LogP contribution in [0.5, 0.6) is 5.88 Å². The van der Waals surface area contributed by atoms with E-state index in [9.17, 15) is 13.2 Å². The highest BCUT2D eigenvalue weighted by molar-refractivity contribution is 14.1. The Labute approximate surface area is 103 Å². The maximum atomic E-state index is 12.0. The van der Waals surface area contributed by atoms with Crippen LogP contribution in [0, 0.1) is 10.5 Å². The van der Waals surface area contributed by atoms with E-state index >= 15 is 0 Å². The number of aryl methyl sites for hydroxylation is 1. The summed E-state index contributed by atoms with van der Waals surface area (Å²) in [6, 6.07) is 1.62. The Hall–Kier alpha value is -0.240. The molecule has 1 heterocycles. The molecule has 0 saturated carbocycles. The van der Waals surface area contributed by atoms with Crippen molar-refractivity contribution in [1.29, 1.82) is 0 Å². The van der Waals surface area contributed by atoms with Crippen LogP contribution in [0.15, 0.2) is 6.07 Å². The van der Waals surface area contributed by atoms with Gasteiger partial charge in [0, 0.05) is 11.6 Å². The van der Waals surface area contributed by atoms with Crippen molar-refractivity contribution in [3.8, 4) is 5.88 Å². The Bertz CT molecular complexity index is 370. The van der Waals surface area contributed by atoms with Crippen molar-refractivity contribution in [1.82, 2.24) is 4.98 Å². The first kappa shape index (κ1) is 12.8. The number of pyridine rings is 1. The third-order valence-corrected chi connectivity index (χ3v) is 2.93. The van der Waals surface area contributed by atoms with Crippen LogP contribution < -0.4 is 4.74 Å². The van der Waals surface area contributed by atoms with Gasteiger partial charge in [-0.15, -0.1) is 24.8 Å². The molecule has 7 heteroatoms. The summed E-state index contributed by atoms with van der Waals surface area (Å²) >= 11 is 7.30. The highest BCUT2D eigenvalue weighted by atomic mass is 127. The van der Waals surface area contributed by atoms with E-state index in [1.165, 1.54) is 0 Å². The van der Waals surface area contributed by atoms with Crippen molar-refractivity contribution in [2.75, 3.05) is 0 Å². The summed E-state index contributed by atoms with van der Waals surface area (Å²) in [6.45, 7) is 1.58. The first-order valence-electron chi connectivity index (χ1n) is 3.81. The lowest BCUT2D eigenvalue weighted by molar-refractivity contribution is -0.276. The van der Waals surface area contributed by atoms with E-state index in [1.807, 2.05) is 0 Å².